The first-order valence-electron chi connectivity index (χ1n) is 14.6. The van der Waals surface area contributed by atoms with Gasteiger partial charge in [0.25, 0.3) is 0 Å². The van der Waals surface area contributed by atoms with Gasteiger partial charge in [0.05, 0.1) is 29.2 Å². The van der Waals surface area contributed by atoms with Crippen molar-refractivity contribution in [1.29, 1.82) is 0 Å². The monoisotopic (exact) mass is 542 g/mol. The summed E-state index contributed by atoms with van der Waals surface area (Å²) in [7, 11) is 2.19. The number of hydrogen-bond donors (Lipinski definition) is 1. The molecule has 0 radical (unpaired) electrons. The first kappa shape index (κ1) is 26.7. The van der Waals surface area contributed by atoms with E-state index in [2.05, 4.69) is 69.1 Å². The zero-order valence-corrected chi connectivity index (χ0v) is 23.5. The van der Waals surface area contributed by atoms with Crippen molar-refractivity contribution in [2.45, 2.75) is 51.2 Å². The molecule has 0 unspecified atom stereocenters. The third kappa shape index (κ3) is 5.83. The Morgan fingerprint density at radius 1 is 0.975 bits per heavy atom. The van der Waals surface area contributed by atoms with Crippen molar-refractivity contribution in [2.75, 3.05) is 45.1 Å². The van der Waals surface area contributed by atoms with Crippen molar-refractivity contribution < 1.29 is 9.13 Å². The Morgan fingerprint density at radius 2 is 1.73 bits per heavy atom. The van der Waals surface area contributed by atoms with Gasteiger partial charge in [-0.2, -0.15) is 5.10 Å². The summed E-state index contributed by atoms with van der Waals surface area (Å²) in [6, 6.07) is 17.6. The third-order valence-electron chi connectivity index (χ3n) is 8.33. The Balaban J connectivity index is 1.22. The molecule has 0 atom stereocenters. The Labute approximate surface area is 236 Å². The van der Waals surface area contributed by atoms with E-state index >= 15 is 0 Å². The smallest absolute Gasteiger partial charge is 0.165 e. The second kappa shape index (κ2) is 11.9. The van der Waals surface area contributed by atoms with Crippen LogP contribution >= 0.6 is 0 Å². The molecular formula is C32H39FN6O. The number of aromatic nitrogens is 3. The number of pyridine rings is 1. The molecule has 1 saturated heterocycles. The molecule has 6 rings (SSSR count). The largest absolute Gasteiger partial charge is 0.487 e. The number of piperazine rings is 1. The van der Waals surface area contributed by atoms with Crippen molar-refractivity contribution in [1.82, 2.24) is 24.6 Å². The zero-order valence-electron chi connectivity index (χ0n) is 23.5. The van der Waals surface area contributed by atoms with Crippen LogP contribution in [-0.2, 0) is 6.54 Å². The summed E-state index contributed by atoms with van der Waals surface area (Å²) in [5, 5.41) is 9.69. The number of likely N-dealkylation sites (N-methyl/N-ethyl adjacent to an activating group) is 1. The fourth-order valence-electron chi connectivity index (χ4n) is 5.99. The van der Waals surface area contributed by atoms with E-state index in [0.29, 0.717) is 11.7 Å². The van der Waals surface area contributed by atoms with Crippen LogP contribution in [0.25, 0.3) is 16.6 Å². The molecule has 4 aromatic rings. The Bertz CT molecular complexity index is 1420. The standard InChI is InChI=1S/C32H39FN6O/c1-3-34-31-20-27-29(21-35-31)39(25-12-8-23(9-13-25)22-38-18-16-37(2)17-19-38)36-32(27)24-10-14-26(15-11-24)40-30-7-5-4-6-28(30)33/h4-9,12-13,20-21,24,26H,3,10-11,14-19,22H2,1-2H3,(H,34,35). The van der Waals surface area contributed by atoms with E-state index in [-0.39, 0.29) is 11.9 Å². The van der Waals surface area contributed by atoms with Gasteiger partial charge in [0.1, 0.15) is 5.82 Å². The van der Waals surface area contributed by atoms with Crippen molar-refractivity contribution in [2.24, 2.45) is 0 Å². The van der Waals surface area contributed by atoms with Gasteiger partial charge in [-0.3, -0.25) is 4.90 Å². The molecule has 2 aromatic heterocycles. The summed E-state index contributed by atoms with van der Waals surface area (Å²) in [5.74, 6) is 1.23. The van der Waals surface area contributed by atoms with E-state index in [1.807, 2.05) is 12.3 Å². The van der Waals surface area contributed by atoms with Gasteiger partial charge >= 0.3 is 0 Å². The number of ether oxygens (including phenoxy) is 1. The lowest BCUT2D eigenvalue weighted by Crippen LogP contribution is -2.43. The van der Waals surface area contributed by atoms with Gasteiger partial charge in [0.2, 0.25) is 0 Å². The molecule has 40 heavy (non-hydrogen) atoms. The number of hydrogen-bond acceptors (Lipinski definition) is 6. The first-order chi connectivity index (χ1) is 19.6. The van der Waals surface area contributed by atoms with Crippen LogP contribution in [0.1, 0.15) is 49.8 Å². The van der Waals surface area contributed by atoms with E-state index < -0.39 is 0 Å². The van der Waals surface area contributed by atoms with Crippen molar-refractivity contribution in [3.8, 4) is 11.4 Å². The van der Waals surface area contributed by atoms with Crippen LogP contribution in [0.2, 0.25) is 0 Å². The summed E-state index contributed by atoms with van der Waals surface area (Å²) in [6.07, 6.45) is 5.61. The fraction of sp³-hybridized carbons (Fsp3) is 0.438. The van der Waals surface area contributed by atoms with Crippen molar-refractivity contribution in [3.63, 3.8) is 0 Å². The van der Waals surface area contributed by atoms with Crippen LogP contribution in [0.4, 0.5) is 10.2 Å². The maximum absolute atomic E-state index is 14.1. The fourth-order valence-corrected chi connectivity index (χ4v) is 5.99. The molecule has 0 spiro atoms. The topological polar surface area (TPSA) is 58.5 Å². The van der Waals surface area contributed by atoms with E-state index in [1.165, 1.54) is 11.6 Å². The van der Waals surface area contributed by atoms with Gasteiger partial charge in [-0.15, -0.1) is 0 Å². The maximum atomic E-state index is 14.1. The lowest BCUT2D eigenvalue weighted by atomic mass is 9.84. The summed E-state index contributed by atoms with van der Waals surface area (Å²) in [6.45, 7) is 8.34. The van der Waals surface area contributed by atoms with Crippen LogP contribution < -0.4 is 10.1 Å². The molecule has 8 heteroatoms. The van der Waals surface area contributed by atoms with Crippen LogP contribution in [-0.4, -0.2) is 70.4 Å². The van der Waals surface area contributed by atoms with Crippen molar-refractivity contribution >= 4 is 16.7 Å². The molecule has 7 nitrogen and oxygen atoms in total. The highest BCUT2D eigenvalue weighted by atomic mass is 19.1. The van der Waals surface area contributed by atoms with Gasteiger partial charge in [-0.05, 0) is 75.5 Å². The molecule has 1 N–H and O–H groups in total. The number of nitrogens with one attached hydrogen (secondary N) is 1. The third-order valence-corrected chi connectivity index (χ3v) is 8.33. The van der Waals surface area contributed by atoms with Crippen molar-refractivity contribution in [3.05, 3.63) is 77.9 Å². The molecule has 1 aliphatic heterocycles. The highest BCUT2D eigenvalue weighted by Crippen LogP contribution is 2.38. The van der Waals surface area contributed by atoms with E-state index in [4.69, 9.17) is 9.84 Å². The second-order valence-corrected chi connectivity index (χ2v) is 11.2. The van der Waals surface area contributed by atoms with E-state index in [0.717, 1.165) is 93.1 Å². The van der Waals surface area contributed by atoms with E-state index in [9.17, 15) is 4.39 Å². The summed E-state index contributed by atoms with van der Waals surface area (Å²) in [5.41, 5.74) is 4.51. The molecule has 2 aliphatic rings. The van der Waals surface area contributed by atoms with Crippen LogP contribution in [0.5, 0.6) is 5.75 Å². The number of halogens is 1. The minimum atomic E-state index is -0.299. The molecule has 3 heterocycles. The van der Waals surface area contributed by atoms with Crippen LogP contribution in [0, 0.1) is 5.82 Å². The molecule has 2 fully saturated rings. The van der Waals surface area contributed by atoms with Crippen LogP contribution in [0.3, 0.4) is 0 Å². The SMILES string of the molecule is CCNc1cc2c(C3CCC(Oc4ccccc4F)CC3)nn(-c3ccc(CN4CCN(C)CC4)cc3)c2cn1. The lowest BCUT2D eigenvalue weighted by molar-refractivity contribution is 0.140. The molecule has 1 aliphatic carbocycles. The highest BCUT2D eigenvalue weighted by molar-refractivity contribution is 5.85. The minimum absolute atomic E-state index is 0.0216. The van der Waals surface area contributed by atoms with Gasteiger partial charge in [-0.25, -0.2) is 14.1 Å². The number of fused-ring (bicyclic) bond motifs is 1. The number of benzene rings is 2. The predicted molar refractivity (Wildman–Crippen MR) is 158 cm³/mol. The number of rotatable bonds is 8. The van der Waals surface area contributed by atoms with Gasteiger partial charge in [0.15, 0.2) is 11.6 Å². The zero-order chi connectivity index (χ0) is 27.5. The Morgan fingerprint density at radius 3 is 2.45 bits per heavy atom. The van der Waals surface area contributed by atoms with Gasteiger partial charge < -0.3 is 15.0 Å². The predicted octanol–water partition coefficient (Wildman–Crippen LogP) is 5.84. The second-order valence-electron chi connectivity index (χ2n) is 11.2. The molecule has 210 valence electrons. The number of anilines is 1. The molecule has 2 aromatic carbocycles. The number of nitrogens with zero attached hydrogens (tertiary/aromatic N) is 5. The van der Waals surface area contributed by atoms with Gasteiger partial charge in [0, 0.05) is 50.6 Å². The summed E-state index contributed by atoms with van der Waals surface area (Å²) in [4.78, 5) is 9.58. The lowest BCUT2D eigenvalue weighted by Gasteiger charge is -2.32. The molecule has 0 amide bonds. The van der Waals surface area contributed by atoms with Crippen LogP contribution in [0.15, 0.2) is 60.8 Å². The molecular weight excluding hydrogens is 503 g/mol. The molecule has 1 saturated carbocycles. The Hall–Kier alpha value is -3.49. The van der Waals surface area contributed by atoms with E-state index in [1.54, 1.807) is 12.1 Å². The average molecular weight is 543 g/mol. The normalized spacial score (nSPS) is 20.6. The summed E-state index contributed by atoms with van der Waals surface area (Å²) >= 11 is 0. The first-order valence-corrected chi connectivity index (χ1v) is 14.6. The minimum Gasteiger partial charge on any atom is -0.487 e. The average Bonchev–Trinajstić information content (AvgIpc) is 3.35. The maximum Gasteiger partial charge on any atom is 0.165 e. The Kier molecular flexibility index (Phi) is 7.98. The molecule has 0 bridgehead atoms. The quantitative estimate of drug-likeness (QED) is 0.302. The number of para-hydroxylation sites is 1. The summed E-state index contributed by atoms with van der Waals surface area (Å²) < 4.78 is 22.2. The highest BCUT2D eigenvalue weighted by Gasteiger charge is 2.28. The van der Waals surface area contributed by atoms with Gasteiger partial charge in [-0.1, -0.05) is 24.3 Å².